The molecule has 2 rings (SSSR count). The summed E-state index contributed by atoms with van der Waals surface area (Å²) in [5, 5.41) is 0. The third kappa shape index (κ3) is 2.51. The van der Waals surface area contributed by atoms with Crippen molar-refractivity contribution in [1.29, 1.82) is 0 Å². The standard InChI is InChI=1S/C13H18NO/c1-10-5-4-6-13(7-10)14-8-11(2)15-12(3)9-14/h5-7,11-12H,8-9H2,1-3H3. The van der Waals surface area contributed by atoms with Crippen LogP contribution in [-0.4, -0.2) is 25.3 Å². The molecule has 2 unspecified atom stereocenters. The molecule has 81 valence electrons. The number of hydrogen-bond donors (Lipinski definition) is 0. The van der Waals surface area contributed by atoms with E-state index in [0.29, 0.717) is 12.2 Å². The van der Waals surface area contributed by atoms with Gasteiger partial charge in [0.1, 0.15) is 0 Å². The van der Waals surface area contributed by atoms with Gasteiger partial charge in [0.25, 0.3) is 0 Å². The van der Waals surface area contributed by atoms with E-state index in [-0.39, 0.29) is 0 Å². The SMILES string of the molecule is Cc1c[c]cc(N2CC(C)OC(C)C2)c1. The normalized spacial score (nSPS) is 26.7. The van der Waals surface area contributed by atoms with Gasteiger partial charge in [0.05, 0.1) is 12.2 Å². The highest BCUT2D eigenvalue weighted by Crippen LogP contribution is 2.20. The Kier molecular flexibility index (Phi) is 2.96. The molecule has 2 heteroatoms. The van der Waals surface area contributed by atoms with Crippen molar-refractivity contribution in [1.82, 2.24) is 0 Å². The van der Waals surface area contributed by atoms with E-state index >= 15 is 0 Å². The molecule has 1 aliphatic heterocycles. The van der Waals surface area contributed by atoms with Gasteiger partial charge in [0, 0.05) is 18.8 Å². The molecule has 1 saturated heterocycles. The van der Waals surface area contributed by atoms with E-state index in [9.17, 15) is 0 Å². The summed E-state index contributed by atoms with van der Waals surface area (Å²) in [4.78, 5) is 2.38. The monoisotopic (exact) mass is 204 g/mol. The van der Waals surface area contributed by atoms with Crippen molar-refractivity contribution >= 4 is 5.69 Å². The van der Waals surface area contributed by atoms with Crippen LogP contribution >= 0.6 is 0 Å². The number of hydrogen-bond acceptors (Lipinski definition) is 2. The second-order valence-corrected chi connectivity index (χ2v) is 4.43. The first-order valence-electron chi connectivity index (χ1n) is 5.53. The van der Waals surface area contributed by atoms with Crippen LogP contribution in [0.15, 0.2) is 18.2 Å². The molecule has 0 aromatic heterocycles. The summed E-state index contributed by atoms with van der Waals surface area (Å²) < 4.78 is 5.72. The van der Waals surface area contributed by atoms with Crippen molar-refractivity contribution in [3.8, 4) is 0 Å². The van der Waals surface area contributed by atoms with Crippen LogP contribution < -0.4 is 4.90 Å². The Bertz CT molecular complexity index is 327. The van der Waals surface area contributed by atoms with Gasteiger partial charge >= 0.3 is 0 Å². The van der Waals surface area contributed by atoms with Gasteiger partial charge < -0.3 is 9.64 Å². The maximum absolute atomic E-state index is 5.72. The smallest absolute Gasteiger partial charge is 0.0726 e. The summed E-state index contributed by atoms with van der Waals surface area (Å²) in [6.45, 7) is 8.31. The van der Waals surface area contributed by atoms with Crippen molar-refractivity contribution in [2.75, 3.05) is 18.0 Å². The fourth-order valence-corrected chi connectivity index (χ4v) is 2.15. The van der Waals surface area contributed by atoms with Gasteiger partial charge in [-0.15, -0.1) is 0 Å². The van der Waals surface area contributed by atoms with Crippen LogP contribution in [0.1, 0.15) is 19.4 Å². The van der Waals surface area contributed by atoms with Gasteiger partial charge in [-0.05, 0) is 44.5 Å². The van der Waals surface area contributed by atoms with Crippen LogP contribution in [0.2, 0.25) is 0 Å². The minimum atomic E-state index is 0.314. The van der Waals surface area contributed by atoms with Gasteiger partial charge in [-0.25, -0.2) is 0 Å². The number of morpholine rings is 1. The predicted molar refractivity (Wildman–Crippen MR) is 62.2 cm³/mol. The molecule has 0 saturated carbocycles. The molecule has 0 N–H and O–H groups in total. The van der Waals surface area contributed by atoms with Gasteiger partial charge in [-0.1, -0.05) is 6.07 Å². The van der Waals surface area contributed by atoms with E-state index in [0.717, 1.165) is 13.1 Å². The first kappa shape index (κ1) is 10.5. The summed E-state index contributed by atoms with van der Waals surface area (Å²) in [6, 6.07) is 9.45. The van der Waals surface area contributed by atoms with Crippen molar-refractivity contribution in [2.24, 2.45) is 0 Å². The quantitative estimate of drug-likeness (QED) is 0.696. The summed E-state index contributed by atoms with van der Waals surface area (Å²) >= 11 is 0. The minimum absolute atomic E-state index is 0.314. The Morgan fingerprint density at radius 2 is 1.93 bits per heavy atom. The van der Waals surface area contributed by atoms with E-state index in [1.165, 1.54) is 11.3 Å². The number of ether oxygens (including phenoxy) is 1. The summed E-state index contributed by atoms with van der Waals surface area (Å²) in [7, 11) is 0. The number of aryl methyl sites for hydroxylation is 1. The number of rotatable bonds is 1. The number of nitrogens with zero attached hydrogens (tertiary/aromatic N) is 1. The van der Waals surface area contributed by atoms with Gasteiger partial charge in [0.15, 0.2) is 0 Å². The predicted octanol–water partition coefficient (Wildman–Crippen LogP) is 2.41. The van der Waals surface area contributed by atoms with Crippen LogP contribution in [0.3, 0.4) is 0 Å². The molecule has 1 radical (unpaired) electrons. The Balaban J connectivity index is 2.16. The molecule has 15 heavy (non-hydrogen) atoms. The Hall–Kier alpha value is -1.02. The van der Waals surface area contributed by atoms with Crippen LogP contribution in [0.4, 0.5) is 5.69 Å². The van der Waals surface area contributed by atoms with Crippen LogP contribution in [-0.2, 0) is 4.74 Å². The van der Waals surface area contributed by atoms with E-state index in [1.54, 1.807) is 0 Å². The van der Waals surface area contributed by atoms with Crippen molar-refractivity contribution < 1.29 is 4.74 Å². The lowest BCUT2D eigenvalue weighted by Crippen LogP contribution is -2.45. The van der Waals surface area contributed by atoms with Crippen LogP contribution in [0, 0.1) is 13.0 Å². The average Bonchev–Trinajstić information content (AvgIpc) is 2.16. The molecule has 1 aliphatic rings. The summed E-state index contributed by atoms with van der Waals surface area (Å²) in [6.07, 6.45) is 0.628. The van der Waals surface area contributed by atoms with Gasteiger partial charge in [0.2, 0.25) is 0 Å². The highest BCUT2D eigenvalue weighted by molar-refractivity contribution is 5.48. The molecule has 2 nitrogen and oxygen atoms in total. The first-order chi connectivity index (χ1) is 7.15. The van der Waals surface area contributed by atoms with Gasteiger partial charge in [-0.3, -0.25) is 0 Å². The molecular weight excluding hydrogens is 186 g/mol. The van der Waals surface area contributed by atoms with Crippen LogP contribution in [0.5, 0.6) is 0 Å². The molecule has 0 aliphatic carbocycles. The molecule has 0 bridgehead atoms. The second kappa shape index (κ2) is 4.23. The first-order valence-corrected chi connectivity index (χ1v) is 5.53. The maximum Gasteiger partial charge on any atom is 0.0726 e. The van der Waals surface area contributed by atoms with E-state index < -0.39 is 0 Å². The summed E-state index contributed by atoms with van der Waals surface area (Å²) in [5.74, 6) is 0. The van der Waals surface area contributed by atoms with Crippen molar-refractivity contribution in [3.63, 3.8) is 0 Å². The molecule has 1 aromatic rings. The zero-order chi connectivity index (χ0) is 10.8. The molecule has 2 atom stereocenters. The molecular formula is C13H18NO. The minimum Gasteiger partial charge on any atom is -0.372 e. The van der Waals surface area contributed by atoms with Crippen LogP contribution in [0.25, 0.3) is 0 Å². The topological polar surface area (TPSA) is 12.5 Å². The highest BCUT2D eigenvalue weighted by Gasteiger charge is 2.22. The average molecular weight is 204 g/mol. The van der Waals surface area contributed by atoms with E-state index in [4.69, 9.17) is 4.74 Å². The lowest BCUT2D eigenvalue weighted by Gasteiger charge is -2.36. The summed E-state index contributed by atoms with van der Waals surface area (Å²) in [5.41, 5.74) is 2.52. The fourth-order valence-electron chi connectivity index (χ4n) is 2.15. The van der Waals surface area contributed by atoms with Gasteiger partial charge in [-0.2, -0.15) is 0 Å². The number of benzene rings is 1. The Morgan fingerprint density at radius 1 is 1.27 bits per heavy atom. The maximum atomic E-state index is 5.72. The number of anilines is 1. The largest absolute Gasteiger partial charge is 0.372 e. The van der Waals surface area contributed by atoms with E-state index in [2.05, 4.69) is 43.9 Å². The zero-order valence-corrected chi connectivity index (χ0v) is 9.66. The molecule has 0 amide bonds. The zero-order valence-electron chi connectivity index (χ0n) is 9.66. The lowest BCUT2D eigenvalue weighted by molar-refractivity contribution is -0.00522. The van der Waals surface area contributed by atoms with E-state index in [1.807, 2.05) is 6.07 Å². The third-order valence-corrected chi connectivity index (χ3v) is 2.70. The highest BCUT2D eigenvalue weighted by atomic mass is 16.5. The molecule has 0 spiro atoms. The lowest BCUT2D eigenvalue weighted by atomic mass is 10.1. The molecule has 1 fully saturated rings. The van der Waals surface area contributed by atoms with Crippen molar-refractivity contribution in [2.45, 2.75) is 33.0 Å². The molecule has 1 heterocycles. The third-order valence-electron chi connectivity index (χ3n) is 2.70. The van der Waals surface area contributed by atoms with Crippen molar-refractivity contribution in [3.05, 3.63) is 29.8 Å². The fraction of sp³-hybridized carbons (Fsp3) is 0.538. The Morgan fingerprint density at radius 3 is 2.53 bits per heavy atom. The Labute approximate surface area is 91.9 Å². The second-order valence-electron chi connectivity index (χ2n) is 4.43. The molecule has 1 aromatic carbocycles.